The molecule has 0 aliphatic rings. The van der Waals surface area contributed by atoms with Gasteiger partial charge in [-0.05, 0) is 18.2 Å². The van der Waals surface area contributed by atoms with Crippen LogP contribution in [0.5, 0.6) is 0 Å². The van der Waals surface area contributed by atoms with E-state index < -0.39 is 33.7 Å². The fraction of sp³-hybridized carbons (Fsp3) is 0.0667. The minimum atomic E-state index is -0.897. The second kappa shape index (κ2) is 6.88. The van der Waals surface area contributed by atoms with Gasteiger partial charge in [0.15, 0.2) is 5.58 Å². The van der Waals surface area contributed by atoms with Gasteiger partial charge in [-0.25, -0.2) is 4.79 Å². The van der Waals surface area contributed by atoms with Crippen LogP contribution in [0.25, 0.3) is 11.1 Å². The van der Waals surface area contributed by atoms with Crippen molar-refractivity contribution in [3.8, 4) is 0 Å². The highest BCUT2D eigenvalue weighted by molar-refractivity contribution is 6.31. The van der Waals surface area contributed by atoms with Gasteiger partial charge >= 0.3 is 5.76 Å². The first-order valence-corrected chi connectivity index (χ1v) is 7.65. The van der Waals surface area contributed by atoms with Crippen molar-refractivity contribution in [2.24, 2.45) is 0 Å². The topological polar surface area (TPSA) is 151 Å². The number of oxazole rings is 1. The largest absolute Gasteiger partial charge is 0.420 e. The van der Waals surface area contributed by atoms with Crippen LogP contribution < -0.4 is 11.1 Å². The number of hydrogen-bond acceptors (Lipinski definition) is 7. The Morgan fingerprint density at radius 1 is 1.15 bits per heavy atom. The summed E-state index contributed by atoms with van der Waals surface area (Å²) < 4.78 is 5.87. The maximum Gasteiger partial charge on any atom is 0.420 e. The van der Waals surface area contributed by atoms with Gasteiger partial charge in [0, 0.05) is 17.2 Å². The molecular formula is C15H9ClN4O7. The van der Waals surface area contributed by atoms with Gasteiger partial charge in [-0.2, -0.15) is 0 Å². The lowest BCUT2D eigenvalue weighted by atomic mass is 10.2. The minimum absolute atomic E-state index is 0.0560. The first kappa shape index (κ1) is 18.1. The molecule has 138 valence electrons. The van der Waals surface area contributed by atoms with Crippen LogP contribution in [-0.4, -0.2) is 20.3 Å². The van der Waals surface area contributed by atoms with Crippen molar-refractivity contribution in [3.05, 3.63) is 72.2 Å². The smallest absolute Gasteiger partial charge is 0.407 e. The Balaban J connectivity index is 1.89. The van der Waals surface area contributed by atoms with Gasteiger partial charge in [0.2, 0.25) is 5.91 Å². The van der Waals surface area contributed by atoms with E-state index in [1.165, 1.54) is 18.2 Å². The van der Waals surface area contributed by atoms with E-state index in [4.69, 9.17) is 16.0 Å². The van der Waals surface area contributed by atoms with Crippen LogP contribution in [0.1, 0.15) is 0 Å². The molecule has 1 aromatic heterocycles. The SMILES string of the molecule is O=C(Cn1c(=O)oc2cc([N+](=O)[O-])ccc21)Nc1ccc(Cl)cc1[N+](=O)[O-]. The van der Waals surface area contributed by atoms with Crippen LogP contribution in [0.15, 0.2) is 45.6 Å². The molecular weight excluding hydrogens is 384 g/mol. The quantitative estimate of drug-likeness (QED) is 0.517. The number of carbonyl (C=O) groups excluding carboxylic acids is 1. The molecule has 0 saturated carbocycles. The highest BCUT2D eigenvalue weighted by atomic mass is 35.5. The molecule has 0 bridgehead atoms. The van der Waals surface area contributed by atoms with Crippen LogP contribution in [0.4, 0.5) is 17.1 Å². The molecule has 0 fully saturated rings. The molecule has 3 aromatic rings. The zero-order valence-corrected chi connectivity index (χ0v) is 14.0. The lowest BCUT2D eigenvalue weighted by Gasteiger charge is -2.07. The summed E-state index contributed by atoms with van der Waals surface area (Å²) in [5, 5.41) is 24.3. The number of anilines is 1. The molecule has 0 spiro atoms. The molecule has 27 heavy (non-hydrogen) atoms. The number of rotatable bonds is 5. The monoisotopic (exact) mass is 392 g/mol. The number of halogens is 1. The van der Waals surface area contributed by atoms with E-state index in [0.29, 0.717) is 0 Å². The molecule has 3 rings (SSSR count). The second-order valence-corrected chi connectivity index (χ2v) is 5.77. The zero-order chi connectivity index (χ0) is 19.7. The van der Waals surface area contributed by atoms with Gasteiger partial charge in [0.1, 0.15) is 12.2 Å². The second-order valence-electron chi connectivity index (χ2n) is 5.33. The number of nitrogens with one attached hydrogen (secondary N) is 1. The average Bonchev–Trinajstić information content (AvgIpc) is 2.91. The normalized spacial score (nSPS) is 10.7. The number of nitro benzene ring substituents is 2. The van der Waals surface area contributed by atoms with Crippen LogP contribution in [0.3, 0.4) is 0 Å². The van der Waals surface area contributed by atoms with E-state index in [1.54, 1.807) is 0 Å². The van der Waals surface area contributed by atoms with Gasteiger partial charge in [-0.1, -0.05) is 11.6 Å². The molecule has 1 amide bonds. The predicted octanol–water partition coefficient (Wildman–Crippen LogP) is 2.70. The molecule has 0 atom stereocenters. The molecule has 12 heteroatoms. The molecule has 0 aliphatic carbocycles. The van der Waals surface area contributed by atoms with Crippen molar-refractivity contribution in [1.82, 2.24) is 4.57 Å². The summed E-state index contributed by atoms with van der Waals surface area (Å²) in [7, 11) is 0. The van der Waals surface area contributed by atoms with E-state index >= 15 is 0 Å². The minimum Gasteiger partial charge on any atom is -0.407 e. The summed E-state index contributed by atoms with van der Waals surface area (Å²) in [6.07, 6.45) is 0. The highest BCUT2D eigenvalue weighted by Crippen LogP contribution is 2.28. The van der Waals surface area contributed by atoms with Gasteiger partial charge in [0.05, 0.1) is 21.4 Å². The van der Waals surface area contributed by atoms with Crippen LogP contribution >= 0.6 is 11.6 Å². The third kappa shape index (κ3) is 3.62. The maximum absolute atomic E-state index is 12.2. The average molecular weight is 393 g/mol. The van der Waals surface area contributed by atoms with E-state index in [1.807, 2.05) is 0 Å². The van der Waals surface area contributed by atoms with Crippen LogP contribution in [0.2, 0.25) is 5.02 Å². The summed E-state index contributed by atoms with van der Waals surface area (Å²) in [5.41, 5.74) is -0.655. The predicted molar refractivity (Wildman–Crippen MR) is 93.9 cm³/mol. The molecule has 0 unspecified atom stereocenters. The Morgan fingerprint density at radius 3 is 2.56 bits per heavy atom. The highest BCUT2D eigenvalue weighted by Gasteiger charge is 2.19. The number of nitro groups is 2. The number of fused-ring (bicyclic) bond motifs is 1. The molecule has 0 saturated heterocycles. The lowest BCUT2D eigenvalue weighted by Crippen LogP contribution is -2.25. The summed E-state index contributed by atoms with van der Waals surface area (Å²) in [6.45, 7) is -0.510. The van der Waals surface area contributed by atoms with Crippen molar-refractivity contribution < 1.29 is 19.1 Å². The molecule has 11 nitrogen and oxygen atoms in total. The Kier molecular flexibility index (Phi) is 4.60. The number of hydrogen-bond donors (Lipinski definition) is 1. The molecule has 0 aliphatic heterocycles. The van der Waals surface area contributed by atoms with Crippen molar-refractivity contribution in [1.29, 1.82) is 0 Å². The fourth-order valence-corrected chi connectivity index (χ4v) is 2.58. The first-order valence-electron chi connectivity index (χ1n) is 7.28. The number of carbonyl (C=O) groups is 1. The van der Waals surface area contributed by atoms with Crippen molar-refractivity contribution >= 4 is 45.7 Å². The van der Waals surface area contributed by atoms with Crippen molar-refractivity contribution in [2.45, 2.75) is 6.54 Å². The zero-order valence-electron chi connectivity index (χ0n) is 13.2. The van der Waals surface area contributed by atoms with Gasteiger partial charge in [-0.3, -0.25) is 29.6 Å². The number of benzene rings is 2. The summed E-state index contributed by atoms with van der Waals surface area (Å²) in [6, 6.07) is 7.21. The van der Waals surface area contributed by atoms with Crippen molar-refractivity contribution in [2.75, 3.05) is 5.32 Å². The molecule has 1 heterocycles. The fourth-order valence-electron chi connectivity index (χ4n) is 2.41. The third-order valence-corrected chi connectivity index (χ3v) is 3.83. The molecule has 0 radical (unpaired) electrons. The number of non-ortho nitro benzene ring substituents is 1. The summed E-state index contributed by atoms with van der Waals surface area (Å²) >= 11 is 5.71. The van der Waals surface area contributed by atoms with E-state index in [0.717, 1.165) is 22.8 Å². The number of amides is 1. The molecule has 1 N–H and O–H groups in total. The third-order valence-electron chi connectivity index (χ3n) is 3.59. The maximum atomic E-state index is 12.2. The van der Waals surface area contributed by atoms with Gasteiger partial charge in [-0.15, -0.1) is 0 Å². The van der Waals surface area contributed by atoms with E-state index in [-0.39, 0.29) is 27.5 Å². The number of aromatic nitrogens is 1. The van der Waals surface area contributed by atoms with Crippen LogP contribution in [0, 0.1) is 20.2 Å². The van der Waals surface area contributed by atoms with E-state index in [2.05, 4.69) is 5.32 Å². The van der Waals surface area contributed by atoms with Crippen LogP contribution in [-0.2, 0) is 11.3 Å². The number of nitrogens with zero attached hydrogens (tertiary/aromatic N) is 3. The molecule has 2 aromatic carbocycles. The Morgan fingerprint density at radius 2 is 1.89 bits per heavy atom. The standard InChI is InChI=1S/C15H9ClN4O7/c16-8-1-3-10(12(5-8)20(25)26)17-14(21)7-18-11-4-2-9(19(23)24)6-13(11)27-15(18)22/h1-6H,7H2,(H,17,21). The lowest BCUT2D eigenvalue weighted by molar-refractivity contribution is -0.384. The first-order chi connectivity index (χ1) is 12.8. The summed E-state index contributed by atoms with van der Waals surface area (Å²) in [5.74, 6) is -1.63. The van der Waals surface area contributed by atoms with E-state index in [9.17, 15) is 29.8 Å². The van der Waals surface area contributed by atoms with Crippen molar-refractivity contribution in [3.63, 3.8) is 0 Å². The van der Waals surface area contributed by atoms with Gasteiger partial charge < -0.3 is 9.73 Å². The Labute approximate surface area is 154 Å². The Bertz CT molecular complexity index is 1150. The van der Waals surface area contributed by atoms with Gasteiger partial charge in [0.25, 0.3) is 11.4 Å². The Hall–Kier alpha value is -3.73. The summed E-state index contributed by atoms with van der Waals surface area (Å²) in [4.78, 5) is 44.7.